The maximum absolute atomic E-state index is 12.9. The Labute approximate surface area is 137 Å². The summed E-state index contributed by atoms with van der Waals surface area (Å²) in [5, 5.41) is 14.0. The number of nitro groups is 1. The fourth-order valence-corrected chi connectivity index (χ4v) is 4.58. The van der Waals surface area contributed by atoms with Crippen molar-refractivity contribution in [1.82, 2.24) is 4.90 Å². The number of carbonyl (C=O) groups is 2. The number of hydrogen-bond donors (Lipinski definition) is 1. The monoisotopic (exact) mass is 331 g/mol. The molecular weight excluding hydrogens is 314 g/mol. The second-order valence-corrected chi connectivity index (χ2v) is 6.54. The summed E-state index contributed by atoms with van der Waals surface area (Å²) in [4.78, 5) is 37.8. The first-order valence-corrected chi connectivity index (χ1v) is 7.94. The molecular formula is C16H17N3O5. The van der Waals surface area contributed by atoms with Gasteiger partial charge in [0.2, 0.25) is 5.91 Å². The quantitative estimate of drug-likeness (QED) is 0.499. The highest BCUT2D eigenvalue weighted by molar-refractivity contribution is 6.07. The Morgan fingerprint density at radius 2 is 2.29 bits per heavy atom. The first-order chi connectivity index (χ1) is 11.5. The molecule has 8 heteroatoms. The Kier molecular flexibility index (Phi) is 3.14. The van der Waals surface area contributed by atoms with Crippen molar-refractivity contribution in [2.45, 2.75) is 30.8 Å². The van der Waals surface area contributed by atoms with E-state index >= 15 is 0 Å². The van der Waals surface area contributed by atoms with Gasteiger partial charge in [0.25, 0.3) is 5.69 Å². The normalized spacial score (nSPS) is 31.0. The average molecular weight is 331 g/mol. The Morgan fingerprint density at radius 1 is 1.50 bits per heavy atom. The molecule has 24 heavy (non-hydrogen) atoms. The van der Waals surface area contributed by atoms with E-state index in [0.717, 1.165) is 12.8 Å². The molecule has 1 N–H and O–H groups in total. The number of ether oxygens (including phenoxy) is 1. The van der Waals surface area contributed by atoms with E-state index in [1.807, 2.05) is 4.90 Å². The van der Waals surface area contributed by atoms with Crippen molar-refractivity contribution >= 4 is 23.3 Å². The lowest BCUT2D eigenvalue weighted by molar-refractivity contribution is -0.384. The van der Waals surface area contributed by atoms with Gasteiger partial charge in [-0.05, 0) is 31.9 Å². The molecule has 4 rings (SSSR count). The molecule has 0 aliphatic carbocycles. The molecule has 2 fully saturated rings. The van der Waals surface area contributed by atoms with Crippen molar-refractivity contribution in [3.8, 4) is 0 Å². The van der Waals surface area contributed by atoms with Gasteiger partial charge in [-0.15, -0.1) is 0 Å². The number of fused-ring (bicyclic) bond motifs is 4. The average Bonchev–Trinajstić information content (AvgIpc) is 3.22. The van der Waals surface area contributed by atoms with Crippen LogP contribution in [0, 0.1) is 16.0 Å². The molecule has 1 spiro atoms. The maximum atomic E-state index is 12.9. The van der Waals surface area contributed by atoms with E-state index in [4.69, 9.17) is 4.74 Å². The van der Waals surface area contributed by atoms with Gasteiger partial charge in [0.15, 0.2) is 0 Å². The number of amides is 1. The number of carbonyl (C=O) groups excluding carboxylic acids is 2. The zero-order chi connectivity index (χ0) is 17.1. The Balaban J connectivity index is 1.86. The fourth-order valence-electron chi connectivity index (χ4n) is 4.58. The number of nitro benzene ring substituents is 1. The number of methoxy groups -OCH3 is 1. The summed E-state index contributed by atoms with van der Waals surface area (Å²) in [6.45, 7) is 0.688. The lowest BCUT2D eigenvalue weighted by Crippen LogP contribution is -2.47. The topological polar surface area (TPSA) is 102 Å². The molecule has 0 bridgehead atoms. The van der Waals surface area contributed by atoms with E-state index < -0.39 is 16.4 Å². The molecule has 3 aliphatic rings. The largest absolute Gasteiger partial charge is 0.469 e. The van der Waals surface area contributed by atoms with Crippen molar-refractivity contribution in [2.75, 3.05) is 19.0 Å². The van der Waals surface area contributed by atoms with E-state index in [1.165, 1.54) is 19.2 Å². The van der Waals surface area contributed by atoms with Crippen LogP contribution in [0.5, 0.6) is 0 Å². The van der Waals surface area contributed by atoms with Gasteiger partial charge in [-0.1, -0.05) is 0 Å². The van der Waals surface area contributed by atoms with Crippen molar-refractivity contribution in [3.63, 3.8) is 0 Å². The number of benzene rings is 1. The molecule has 126 valence electrons. The first-order valence-electron chi connectivity index (χ1n) is 7.94. The van der Waals surface area contributed by atoms with Gasteiger partial charge in [-0.3, -0.25) is 24.6 Å². The Morgan fingerprint density at radius 3 is 3.00 bits per heavy atom. The van der Waals surface area contributed by atoms with Gasteiger partial charge in [0.1, 0.15) is 5.54 Å². The standard InChI is InChI=1S/C16H17N3O5/c1-24-14(20)10-8-16(18-6-2-3-13(10)18)11-7-9(19(22)23)4-5-12(11)17-15(16)21/h4-5,7,10,13H,2-3,6,8H2,1H3,(H,17,21)/t10-,13-,16+/m1/s1. The van der Waals surface area contributed by atoms with Gasteiger partial charge in [-0.2, -0.15) is 0 Å². The highest BCUT2D eigenvalue weighted by Gasteiger charge is 2.63. The summed E-state index contributed by atoms with van der Waals surface area (Å²) < 4.78 is 4.92. The summed E-state index contributed by atoms with van der Waals surface area (Å²) in [5.41, 5.74) is 0.116. The van der Waals surface area contributed by atoms with Crippen LogP contribution in [-0.2, 0) is 19.9 Å². The summed E-state index contributed by atoms with van der Waals surface area (Å²) in [6, 6.07) is 4.35. The molecule has 0 saturated carbocycles. The summed E-state index contributed by atoms with van der Waals surface area (Å²) in [5.74, 6) is -0.930. The van der Waals surface area contributed by atoms with Crippen LogP contribution in [0.1, 0.15) is 24.8 Å². The molecule has 1 amide bonds. The van der Waals surface area contributed by atoms with E-state index in [9.17, 15) is 19.7 Å². The number of hydrogen-bond acceptors (Lipinski definition) is 6. The third-order valence-corrected chi connectivity index (χ3v) is 5.56. The van der Waals surface area contributed by atoms with Gasteiger partial charge >= 0.3 is 5.97 Å². The summed E-state index contributed by atoms with van der Waals surface area (Å²) >= 11 is 0. The minimum atomic E-state index is -1.01. The minimum Gasteiger partial charge on any atom is -0.469 e. The maximum Gasteiger partial charge on any atom is 0.310 e. The van der Waals surface area contributed by atoms with Crippen molar-refractivity contribution in [3.05, 3.63) is 33.9 Å². The summed E-state index contributed by atoms with van der Waals surface area (Å²) in [7, 11) is 1.35. The molecule has 8 nitrogen and oxygen atoms in total. The van der Waals surface area contributed by atoms with Crippen molar-refractivity contribution in [1.29, 1.82) is 0 Å². The van der Waals surface area contributed by atoms with Gasteiger partial charge in [0.05, 0.1) is 18.0 Å². The van der Waals surface area contributed by atoms with Gasteiger partial charge in [0, 0.05) is 29.4 Å². The van der Waals surface area contributed by atoms with Crippen LogP contribution in [-0.4, -0.2) is 41.4 Å². The van der Waals surface area contributed by atoms with E-state index in [1.54, 1.807) is 6.07 Å². The number of non-ortho nitro benzene ring substituents is 1. The molecule has 3 aliphatic heterocycles. The van der Waals surface area contributed by atoms with Crippen LogP contribution < -0.4 is 5.32 Å². The molecule has 1 aromatic carbocycles. The predicted octanol–water partition coefficient (Wildman–Crippen LogP) is 1.40. The molecule has 3 heterocycles. The number of nitrogens with one attached hydrogen (secondary N) is 1. The minimum absolute atomic E-state index is 0.0538. The number of nitrogens with zero attached hydrogens (tertiary/aromatic N) is 2. The second-order valence-electron chi connectivity index (χ2n) is 6.54. The van der Waals surface area contributed by atoms with Crippen molar-refractivity contribution < 1.29 is 19.2 Å². The number of rotatable bonds is 2. The molecule has 2 saturated heterocycles. The predicted molar refractivity (Wildman–Crippen MR) is 83.3 cm³/mol. The number of anilines is 1. The van der Waals surface area contributed by atoms with Gasteiger partial charge < -0.3 is 10.1 Å². The Bertz CT molecular complexity index is 764. The highest BCUT2D eigenvalue weighted by atomic mass is 16.6. The van der Waals surface area contributed by atoms with E-state index in [2.05, 4.69) is 5.32 Å². The lowest BCUT2D eigenvalue weighted by atomic mass is 9.84. The van der Waals surface area contributed by atoms with Crippen LogP contribution in [0.25, 0.3) is 0 Å². The smallest absolute Gasteiger partial charge is 0.310 e. The molecule has 0 radical (unpaired) electrons. The lowest BCUT2D eigenvalue weighted by Gasteiger charge is -2.32. The zero-order valence-electron chi connectivity index (χ0n) is 13.2. The van der Waals surface area contributed by atoms with Crippen LogP contribution in [0.3, 0.4) is 0 Å². The zero-order valence-corrected chi connectivity index (χ0v) is 13.2. The van der Waals surface area contributed by atoms with E-state index in [0.29, 0.717) is 24.2 Å². The number of esters is 1. The molecule has 0 unspecified atom stereocenters. The molecule has 1 aromatic rings. The third-order valence-electron chi connectivity index (χ3n) is 5.56. The van der Waals surface area contributed by atoms with E-state index in [-0.39, 0.29) is 23.6 Å². The van der Waals surface area contributed by atoms with Crippen molar-refractivity contribution in [2.24, 2.45) is 5.92 Å². The van der Waals surface area contributed by atoms with Gasteiger partial charge in [-0.25, -0.2) is 0 Å². The SMILES string of the molecule is COC(=O)[C@@H]1C[C@]2(C(=O)Nc3ccc([N+](=O)[O-])cc32)N2CCC[C@H]12. The Hall–Kier alpha value is -2.48. The molecule has 0 aromatic heterocycles. The van der Waals surface area contributed by atoms with Crippen LogP contribution >= 0.6 is 0 Å². The second kappa shape index (κ2) is 5.01. The van der Waals surface area contributed by atoms with Crippen LogP contribution in [0.4, 0.5) is 11.4 Å². The highest BCUT2D eigenvalue weighted by Crippen LogP contribution is 2.54. The summed E-state index contributed by atoms with van der Waals surface area (Å²) in [6.07, 6.45) is 2.00. The van der Waals surface area contributed by atoms with Crippen LogP contribution in [0.2, 0.25) is 0 Å². The molecule has 3 atom stereocenters. The fraction of sp³-hybridized carbons (Fsp3) is 0.500. The third kappa shape index (κ3) is 1.77. The first kappa shape index (κ1) is 15.1. The van der Waals surface area contributed by atoms with Crippen LogP contribution in [0.15, 0.2) is 18.2 Å².